The van der Waals surface area contributed by atoms with Crippen molar-refractivity contribution >= 4 is 23.4 Å². The van der Waals surface area contributed by atoms with Crippen molar-refractivity contribution in [2.75, 3.05) is 5.32 Å². The fourth-order valence-corrected chi connectivity index (χ4v) is 3.64. The van der Waals surface area contributed by atoms with Crippen LogP contribution in [0.5, 0.6) is 0 Å². The molecule has 0 unspecified atom stereocenters. The van der Waals surface area contributed by atoms with Gasteiger partial charge in [-0.25, -0.2) is 0 Å². The van der Waals surface area contributed by atoms with Crippen LogP contribution in [0.15, 0.2) is 46.0 Å². The van der Waals surface area contributed by atoms with E-state index in [9.17, 15) is 4.79 Å². The summed E-state index contributed by atoms with van der Waals surface area (Å²) in [7, 11) is 0. The SMILES string of the molecule is Cc1cccc(-c2nnc(S[C@H](C)C(=O)Nc3c(C)cc(C)cc3C)o2)c1. The summed E-state index contributed by atoms with van der Waals surface area (Å²) in [5.74, 6) is 0.365. The number of carbonyl (C=O) groups excluding carboxylic acids is 1. The van der Waals surface area contributed by atoms with Crippen molar-refractivity contribution in [3.05, 3.63) is 58.7 Å². The second-order valence-corrected chi connectivity index (χ2v) is 8.06. The van der Waals surface area contributed by atoms with Gasteiger partial charge in [-0.3, -0.25) is 4.79 Å². The average molecular weight is 382 g/mol. The van der Waals surface area contributed by atoms with Gasteiger partial charge in [0.15, 0.2) is 0 Å². The molecule has 0 fully saturated rings. The molecule has 0 saturated carbocycles. The Morgan fingerprint density at radius 1 is 1.04 bits per heavy atom. The Hall–Kier alpha value is -2.60. The molecule has 27 heavy (non-hydrogen) atoms. The summed E-state index contributed by atoms with van der Waals surface area (Å²) in [6.45, 7) is 9.89. The maximum Gasteiger partial charge on any atom is 0.277 e. The molecular formula is C21H23N3O2S. The van der Waals surface area contributed by atoms with Gasteiger partial charge in [-0.2, -0.15) is 0 Å². The van der Waals surface area contributed by atoms with Gasteiger partial charge in [0, 0.05) is 11.3 Å². The molecule has 0 radical (unpaired) electrons. The third-order valence-electron chi connectivity index (χ3n) is 4.24. The third kappa shape index (κ3) is 4.57. The van der Waals surface area contributed by atoms with Crippen LogP contribution in [0.1, 0.15) is 29.2 Å². The molecule has 5 nitrogen and oxygen atoms in total. The topological polar surface area (TPSA) is 68.0 Å². The van der Waals surface area contributed by atoms with Gasteiger partial charge < -0.3 is 9.73 Å². The molecule has 0 saturated heterocycles. The number of hydrogen-bond acceptors (Lipinski definition) is 5. The van der Waals surface area contributed by atoms with Crippen LogP contribution in [-0.4, -0.2) is 21.4 Å². The van der Waals surface area contributed by atoms with E-state index in [0.717, 1.165) is 27.9 Å². The molecule has 140 valence electrons. The van der Waals surface area contributed by atoms with E-state index in [2.05, 4.69) is 27.6 Å². The van der Waals surface area contributed by atoms with Crippen LogP contribution >= 0.6 is 11.8 Å². The summed E-state index contributed by atoms with van der Waals surface area (Å²) < 4.78 is 5.72. The number of benzene rings is 2. The van der Waals surface area contributed by atoms with Gasteiger partial charge in [0.05, 0.1) is 5.25 Å². The maximum atomic E-state index is 12.6. The Morgan fingerprint density at radius 2 is 1.74 bits per heavy atom. The van der Waals surface area contributed by atoms with Crippen molar-refractivity contribution in [1.29, 1.82) is 0 Å². The minimum Gasteiger partial charge on any atom is -0.411 e. The van der Waals surface area contributed by atoms with Crippen molar-refractivity contribution in [3.8, 4) is 11.5 Å². The first kappa shape index (κ1) is 19.2. The number of hydrogen-bond donors (Lipinski definition) is 1. The molecule has 2 aromatic carbocycles. The molecular weight excluding hydrogens is 358 g/mol. The van der Waals surface area contributed by atoms with Crippen LogP contribution < -0.4 is 5.32 Å². The van der Waals surface area contributed by atoms with E-state index >= 15 is 0 Å². The first-order chi connectivity index (χ1) is 12.8. The Labute approximate surface area is 163 Å². The predicted molar refractivity (Wildman–Crippen MR) is 109 cm³/mol. The van der Waals surface area contributed by atoms with Gasteiger partial charge in [-0.1, -0.05) is 47.2 Å². The number of thioether (sulfide) groups is 1. The third-order valence-corrected chi connectivity index (χ3v) is 5.18. The molecule has 3 rings (SSSR count). The largest absolute Gasteiger partial charge is 0.411 e. The molecule has 0 aliphatic heterocycles. The molecule has 6 heteroatoms. The van der Waals surface area contributed by atoms with Crippen LogP contribution in [0.4, 0.5) is 5.69 Å². The fraction of sp³-hybridized carbons (Fsp3) is 0.286. The fourth-order valence-electron chi connectivity index (χ4n) is 2.96. The Morgan fingerprint density at radius 3 is 2.41 bits per heavy atom. The van der Waals surface area contributed by atoms with Gasteiger partial charge in [-0.15, -0.1) is 10.2 Å². The maximum absolute atomic E-state index is 12.6. The minimum atomic E-state index is -0.365. The highest BCUT2D eigenvalue weighted by atomic mass is 32.2. The average Bonchev–Trinajstić information content (AvgIpc) is 3.06. The molecule has 1 amide bonds. The Kier molecular flexibility index (Phi) is 5.65. The van der Waals surface area contributed by atoms with E-state index in [1.54, 1.807) is 0 Å². The monoisotopic (exact) mass is 381 g/mol. The number of anilines is 1. The van der Waals surface area contributed by atoms with Gasteiger partial charge >= 0.3 is 0 Å². The van der Waals surface area contributed by atoms with E-state index in [-0.39, 0.29) is 11.2 Å². The lowest BCUT2D eigenvalue weighted by Gasteiger charge is -2.15. The van der Waals surface area contributed by atoms with Gasteiger partial charge in [0.25, 0.3) is 5.22 Å². The minimum absolute atomic E-state index is 0.0923. The first-order valence-corrected chi connectivity index (χ1v) is 9.67. The number of aryl methyl sites for hydroxylation is 4. The molecule has 1 atom stereocenters. The standard InChI is InChI=1S/C21H23N3O2S/c1-12-7-6-8-17(11-12)20-23-24-21(26-20)27-16(5)19(25)22-18-14(3)9-13(2)10-15(18)4/h6-11,16H,1-5H3,(H,22,25)/t16-/m1/s1. The van der Waals surface area contributed by atoms with Crippen LogP contribution in [0.25, 0.3) is 11.5 Å². The number of aromatic nitrogens is 2. The van der Waals surface area contributed by atoms with Crippen molar-refractivity contribution in [1.82, 2.24) is 10.2 Å². The van der Waals surface area contributed by atoms with Gasteiger partial charge in [-0.05, 0) is 57.9 Å². The highest BCUT2D eigenvalue weighted by Gasteiger charge is 2.20. The number of rotatable bonds is 5. The highest BCUT2D eigenvalue weighted by Crippen LogP contribution is 2.28. The predicted octanol–water partition coefficient (Wildman–Crippen LogP) is 5.09. The lowest BCUT2D eigenvalue weighted by Crippen LogP contribution is -2.23. The Bertz CT molecular complexity index is 958. The summed E-state index contributed by atoms with van der Waals surface area (Å²) in [6.07, 6.45) is 0. The van der Waals surface area contributed by atoms with Crippen LogP contribution in [0.2, 0.25) is 0 Å². The molecule has 1 heterocycles. The van der Waals surface area contributed by atoms with Gasteiger partial charge in [0.2, 0.25) is 11.8 Å². The smallest absolute Gasteiger partial charge is 0.277 e. The van der Waals surface area contributed by atoms with E-state index in [4.69, 9.17) is 4.42 Å². The molecule has 0 bridgehead atoms. The second-order valence-electron chi connectivity index (χ2n) is 6.77. The lowest BCUT2D eigenvalue weighted by atomic mass is 10.1. The summed E-state index contributed by atoms with van der Waals surface area (Å²) >= 11 is 1.25. The van der Waals surface area contributed by atoms with E-state index in [0.29, 0.717) is 11.1 Å². The second kappa shape index (κ2) is 7.96. The Balaban J connectivity index is 1.69. The zero-order chi connectivity index (χ0) is 19.6. The molecule has 0 aliphatic carbocycles. The molecule has 0 aliphatic rings. The van der Waals surface area contributed by atoms with Crippen molar-refractivity contribution < 1.29 is 9.21 Å². The zero-order valence-electron chi connectivity index (χ0n) is 16.2. The van der Waals surface area contributed by atoms with E-state index < -0.39 is 0 Å². The number of carbonyl (C=O) groups is 1. The van der Waals surface area contributed by atoms with Gasteiger partial charge in [0.1, 0.15) is 0 Å². The van der Waals surface area contributed by atoms with Crippen molar-refractivity contribution in [2.45, 2.75) is 45.1 Å². The first-order valence-electron chi connectivity index (χ1n) is 8.79. The summed E-state index contributed by atoms with van der Waals surface area (Å²) in [4.78, 5) is 12.6. The molecule has 1 aromatic heterocycles. The summed E-state index contributed by atoms with van der Waals surface area (Å²) in [5.41, 5.74) is 6.15. The number of nitrogens with zero attached hydrogens (tertiary/aromatic N) is 2. The zero-order valence-corrected chi connectivity index (χ0v) is 17.0. The van der Waals surface area contributed by atoms with E-state index in [1.807, 2.05) is 58.9 Å². The van der Waals surface area contributed by atoms with Crippen LogP contribution in [-0.2, 0) is 4.79 Å². The number of amides is 1. The number of nitrogens with one attached hydrogen (secondary N) is 1. The van der Waals surface area contributed by atoms with Crippen molar-refractivity contribution in [2.24, 2.45) is 0 Å². The molecule has 3 aromatic rings. The van der Waals surface area contributed by atoms with Crippen molar-refractivity contribution in [3.63, 3.8) is 0 Å². The summed E-state index contributed by atoms with van der Waals surface area (Å²) in [6, 6.07) is 12.0. The van der Waals surface area contributed by atoms with E-state index in [1.165, 1.54) is 17.3 Å². The lowest BCUT2D eigenvalue weighted by molar-refractivity contribution is -0.115. The molecule has 0 spiro atoms. The highest BCUT2D eigenvalue weighted by molar-refractivity contribution is 8.00. The molecule has 1 N–H and O–H groups in total. The van der Waals surface area contributed by atoms with Crippen LogP contribution in [0, 0.1) is 27.7 Å². The van der Waals surface area contributed by atoms with Crippen LogP contribution in [0.3, 0.4) is 0 Å². The normalized spacial score (nSPS) is 12.0. The summed E-state index contributed by atoms with van der Waals surface area (Å²) in [5, 5.41) is 11.2. The quantitative estimate of drug-likeness (QED) is 0.624.